The summed E-state index contributed by atoms with van der Waals surface area (Å²) in [4.78, 5) is 17.8. The third-order valence-electron chi connectivity index (χ3n) is 4.51. The Morgan fingerprint density at radius 3 is 2.65 bits per heavy atom. The van der Waals surface area contributed by atoms with Crippen LogP contribution in [0, 0.1) is 11.8 Å². The molecule has 0 saturated carbocycles. The van der Waals surface area contributed by atoms with Crippen molar-refractivity contribution in [1.82, 2.24) is 9.88 Å². The number of amides is 1. The molecule has 1 N–H and O–H groups in total. The third kappa shape index (κ3) is 3.10. The molecule has 2 atom stereocenters. The predicted octanol–water partition coefficient (Wildman–Crippen LogP) is 1.57. The third-order valence-corrected chi connectivity index (χ3v) is 4.51. The molecule has 6 heteroatoms. The number of piperidine rings is 1. The number of methoxy groups -OCH3 is 2. The van der Waals surface area contributed by atoms with E-state index in [1.165, 1.54) is 7.11 Å². The lowest BCUT2D eigenvalue weighted by molar-refractivity contribution is -0.00731. The zero-order valence-electron chi connectivity index (χ0n) is 13.3. The molecule has 122 valence electrons. The van der Waals surface area contributed by atoms with Crippen LogP contribution in [0.3, 0.4) is 0 Å². The zero-order valence-corrected chi connectivity index (χ0v) is 13.3. The second-order valence-electron chi connectivity index (χ2n) is 6.02. The van der Waals surface area contributed by atoms with Crippen molar-refractivity contribution in [3.8, 4) is 17.7 Å². The Bertz CT molecular complexity index is 650. The highest BCUT2D eigenvalue weighted by Gasteiger charge is 2.49. The number of fused-ring (bicyclic) bond motifs is 2. The van der Waals surface area contributed by atoms with E-state index in [2.05, 4.69) is 16.8 Å². The molecule has 23 heavy (non-hydrogen) atoms. The van der Waals surface area contributed by atoms with Gasteiger partial charge < -0.3 is 19.5 Å². The average molecular weight is 316 g/mol. The van der Waals surface area contributed by atoms with E-state index in [1.54, 1.807) is 24.1 Å². The minimum atomic E-state index is -1.10. The first-order valence-electron chi connectivity index (χ1n) is 7.67. The van der Waals surface area contributed by atoms with Crippen LogP contribution in [-0.2, 0) is 4.74 Å². The van der Waals surface area contributed by atoms with Crippen LogP contribution in [0.15, 0.2) is 18.2 Å². The number of ether oxygens (including phenoxy) is 2. The lowest BCUT2D eigenvalue weighted by atomic mass is 9.86. The van der Waals surface area contributed by atoms with E-state index in [0.717, 1.165) is 12.8 Å². The zero-order chi connectivity index (χ0) is 16.4. The summed E-state index contributed by atoms with van der Waals surface area (Å²) in [5.74, 6) is 6.37. The van der Waals surface area contributed by atoms with Crippen molar-refractivity contribution >= 4 is 6.09 Å². The second kappa shape index (κ2) is 6.09. The standard InChI is InChI=1S/C17H20N2O4/c1-22-15-5-3-4-12(18-15)8-9-17(21)10-13-6-7-14(11-17)19(13)16(20)23-2/h3-5,13-14,21H,6-7,10-11H2,1-2H3/t13-,14-/m1/s1. The first kappa shape index (κ1) is 15.6. The van der Waals surface area contributed by atoms with Gasteiger partial charge in [0.15, 0.2) is 0 Å². The van der Waals surface area contributed by atoms with Gasteiger partial charge in [-0.1, -0.05) is 12.0 Å². The molecule has 3 rings (SSSR count). The molecule has 0 aliphatic carbocycles. The Balaban J connectivity index is 1.77. The molecule has 0 aromatic carbocycles. The lowest BCUT2D eigenvalue weighted by Gasteiger charge is -2.40. The van der Waals surface area contributed by atoms with Gasteiger partial charge in [0.2, 0.25) is 5.88 Å². The number of hydrogen-bond donors (Lipinski definition) is 1. The smallest absolute Gasteiger partial charge is 0.409 e. The topological polar surface area (TPSA) is 71.9 Å². The fourth-order valence-electron chi connectivity index (χ4n) is 3.51. The first-order valence-corrected chi connectivity index (χ1v) is 7.67. The molecule has 1 amide bonds. The summed E-state index contributed by atoms with van der Waals surface area (Å²) < 4.78 is 9.91. The maximum Gasteiger partial charge on any atom is 0.409 e. The van der Waals surface area contributed by atoms with Crippen LogP contribution in [0.4, 0.5) is 4.79 Å². The van der Waals surface area contributed by atoms with Crippen LogP contribution in [-0.4, -0.2) is 53.0 Å². The van der Waals surface area contributed by atoms with Gasteiger partial charge in [-0.05, 0) is 24.8 Å². The van der Waals surface area contributed by atoms with Crippen LogP contribution < -0.4 is 4.74 Å². The van der Waals surface area contributed by atoms with E-state index in [9.17, 15) is 9.90 Å². The van der Waals surface area contributed by atoms with E-state index in [4.69, 9.17) is 9.47 Å². The van der Waals surface area contributed by atoms with Crippen molar-refractivity contribution in [2.45, 2.75) is 43.4 Å². The van der Waals surface area contributed by atoms with Crippen molar-refractivity contribution in [3.05, 3.63) is 23.9 Å². The van der Waals surface area contributed by atoms with Crippen LogP contribution in [0.1, 0.15) is 31.4 Å². The number of pyridine rings is 1. The Morgan fingerprint density at radius 2 is 2.04 bits per heavy atom. The van der Waals surface area contributed by atoms with Gasteiger partial charge in [-0.2, -0.15) is 0 Å². The predicted molar refractivity (Wildman–Crippen MR) is 82.9 cm³/mol. The van der Waals surface area contributed by atoms with Crippen molar-refractivity contribution in [1.29, 1.82) is 0 Å². The summed E-state index contributed by atoms with van der Waals surface area (Å²) in [6.45, 7) is 0. The molecule has 1 aromatic heterocycles. The highest BCUT2D eigenvalue weighted by molar-refractivity contribution is 5.69. The average Bonchev–Trinajstić information content (AvgIpc) is 2.85. The number of hydrogen-bond acceptors (Lipinski definition) is 5. The van der Waals surface area contributed by atoms with E-state index < -0.39 is 5.60 Å². The summed E-state index contributed by atoms with van der Waals surface area (Å²) in [5.41, 5.74) is -0.540. The molecule has 0 unspecified atom stereocenters. The van der Waals surface area contributed by atoms with Crippen molar-refractivity contribution in [3.63, 3.8) is 0 Å². The lowest BCUT2D eigenvalue weighted by Crippen LogP contribution is -2.52. The van der Waals surface area contributed by atoms with Crippen molar-refractivity contribution in [2.24, 2.45) is 0 Å². The van der Waals surface area contributed by atoms with E-state index in [0.29, 0.717) is 24.4 Å². The number of nitrogens with zero attached hydrogens (tertiary/aromatic N) is 2. The largest absolute Gasteiger partial charge is 0.481 e. The van der Waals surface area contributed by atoms with Gasteiger partial charge in [-0.25, -0.2) is 9.78 Å². The molecule has 0 radical (unpaired) electrons. The fourth-order valence-corrected chi connectivity index (χ4v) is 3.51. The monoisotopic (exact) mass is 316 g/mol. The second-order valence-corrected chi connectivity index (χ2v) is 6.02. The molecule has 6 nitrogen and oxygen atoms in total. The SMILES string of the molecule is COC(=O)N1[C@@H]2CC[C@@H]1CC(O)(C#Cc1cccc(OC)n1)C2. The highest BCUT2D eigenvalue weighted by atomic mass is 16.5. The van der Waals surface area contributed by atoms with E-state index in [1.807, 2.05) is 6.07 Å². The molecular weight excluding hydrogens is 296 g/mol. The summed E-state index contributed by atoms with van der Waals surface area (Å²) >= 11 is 0. The quantitative estimate of drug-likeness (QED) is 0.796. The normalized spacial score (nSPS) is 28.7. The maximum absolute atomic E-state index is 11.9. The van der Waals surface area contributed by atoms with E-state index in [-0.39, 0.29) is 18.2 Å². The summed E-state index contributed by atoms with van der Waals surface area (Å²) in [7, 11) is 2.93. The van der Waals surface area contributed by atoms with Gasteiger partial charge in [-0.3, -0.25) is 0 Å². The van der Waals surface area contributed by atoms with Gasteiger partial charge >= 0.3 is 6.09 Å². The molecule has 2 bridgehead atoms. The molecule has 2 saturated heterocycles. The molecular formula is C17H20N2O4. The highest BCUT2D eigenvalue weighted by Crippen LogP contribution is 2.40. The van der Waals surface area contributed by atoms with Crippen LogP contribution in [0.2, 0.25) is 0 Å². The first-order chi connectivity index (χ1) is 11.0. The van der Waals surface area contributed by atoms with Crippen LogP contribution >= 0.6 is 0 Å². The van der Waals surface area contributed by atoms with Crippen LogP contribution in [0.25, 0.3) is 0 Å². The Kier molecular flexibility index (Phi) is 4.14. The van der Waals surface area contributed by atoms with Gasteiger partial charge in [0.25, 0.3) is 0 Å². The number of rotatable bonds is 1. The summed E-state index contributed by atoms with van der Waals surface area (Å²) in [5, 5.41) is 10.8. The summed E-state index contributed by atoms with van der Waals surface area (Å²) in [6.07, 6.45) is 2.31. The molecule has 0 spiro atoms. The number of aromatic nitrogens is 1. The van der Waals surface area contributed by atoms with E-state index >= 15 is 0 Å². The van der Waals surface area contributed by atoms with Crippen LogP contribution in [0.5, 0.6) is 5.88 Å². The number of carbonyl (C=O) groups excluding carboxylic acids is 1. The Morgan fingerprint density at radius 1 is 1.35 bits per heavy atom. The minimum Gasteiger partial charge on any atom is -0.481 e. The molecule has 2 aliphatic heterocycles. The Labute approximate surface area is 135 Å². The maximum atomic E-state index is 11.9. The molecule has 1 aromatic rings. The number of aliphatic hydroxyl groups is 1. The van der Waals surface area contributed by atoms with Gasteiger partial charge in [0.1, 0.15) is 11.3 Å². The molecule has 3 heterocycles. The van der Waals surface area contributed by atoms with Crippen molar-refractivity contribution < 1.29 is 19.4 Å². The fraction of sp³-hybridized carbons (Fsp3) is 0.529. The van der Waals surface area contributed by atoms with Gasteiger partial charge in [0, 0.05) is 31.0 Å². The minimum absolute atomic E-state index is 0.0150. The number of carbonyl (C=O) groups is 1. The van der Waals surface area contributed by atoms with Gasteiger partial charge in [0.05, 0.1) is 14.2 Å². The molecule has 2 aliphatic rings. The molecule has 2 fully saturated rings. The Hall–Kier alpha value is -2.26. The van der Waals surface area contributed by atoms with Crippen molar-refractivity contribution in [2.75, 3.05) is 14.2 Å². The summed E-state index contributed by atoms with van der Waals surface area (Å²) in [6, 6.07) is 5.30. The van der Waals surface area contributed by atoms with Gasteiger partial charge in [-0.15, -0.1) is 0 Å².